The van der Waals surface area contributed by atoms with E-state index >= 15 is 0 Å². The molecule has 0 aliphatic carbocycles. The Balaban J connectivity index is 1.98. The summed E-state index contributed by atoms with van der Waals surface area (Å²) in [5.41, 5.74) is 0.411. The molecule has 2 heterocycles. The molecular weight excluding hydrogens is 228 g/mol. The Morgan fingerprint density at radius 1 is 1.22 bits per heavy atom. The van der Waals surface area contributed by atoms with E-state index in [1.54, 1.807) is 0 Å². The highest BCUT2D eigenvalue weighted by atomic mass is 16.7. The zero-order valence-corrected chi connectivity index (χ0v) is 10.5. The van der Waals surface area contributed by atoms with Crippen LogP contribution in [0, 0.1) is 11.3 Å². The van der Waals surface area contributed by atoms with Crippen molar-refractivity contribution in [1.29, 1.82) is 5.26 Å². The van der Waals surface area contributed by atoms with Crippen LogP contribution in [0.15, 0.2) is 18.2 Å². The number of benzene rings is 1. The molecule has 1 aromatic carbocycles. The van der Waals surface area contributed by atoms with E-state index in [1.165, 1.54) is 12.8 Å². The highest BCUT2D eigenvalue weighted by Crippen LogP contribution is 2.38. The van der Waals surface area contributed by atoms with E-state index in [1.807, 2.05) is 25.1 Å². The van der Waals surface area contributed by atoms with Gasteiger partial charge in [-0.1, -0.05) is 6.07 Å². The molecular formula is C14H16N2O2. The minimum atomic E-state index is -0.572. The molecule has 2 aliphatic rings. The molecule has 1 atom stereocenters. The maximum Gasteiger partial charge on any atom is 0.231 e. The van der Waals surface area contributed by atoms with E-state index in [-0.39, 0.29) is 6.79 Å². The molecule has 18 heavy (non-hydrogen) atoms. The van der Waals surface area contributed by atoms with Crippen molar-refractivity contribution in [3.05, 3.63) is 23.8 Å². The average molecular weight is 244 g/mol. The van der Waals surface area contributed by atoms with E-state index < -0.39 is 5.54 Å². The molecule has 1 saturated heterocycles. The van der Waals surface area contributed by atoms with Gasteiger partial charge in [0.05, 0.1) is 6.07 Å². The Bertz CT molecular complexity index is 503. The first kappa shape index (κ1) is 11.4. The zero-order chi connectivity index (χ0) is 12.6. The average Bonchev–Trinajstić information content (AvgIpc) is 3.07. The number of hydrogen-bond donors (Lipinski definition) is 0. The Hall–Kier alpha value is -1.73. The van der Waals surface area contributed by atoms with E-state index in [0.29, 0.717) is 0 Å². The standard InChI is InChI=1S/C14H16N2O2/c1-14(9-15,16-6-2-3-7-16)11-4-5-12-13(8-11)18-10-17-12/h4-5,8H,2-3,6-7,10H2,1H3. The van der Waals surface area contributed by atoms with E-state index in [0.717, 1.165) is 30.2 Å². The SMILES string of the molecule is CC(C#N)(c1ccc2c(c1)OCO2)N1CCCC1. The Kier molecular flexibility index (Phi) is 2.64. The monoisotopic (exact) mass is 244 g/mol. The van der Waals surface area contributed by atoms with Crippen molar-refractivity contribution in [2.45, 2.75) is 25.3 Å². The Morgan fingerprint density at radius 3 is 2.67 bits per heavy atom. The Morgan fingerprint density at radius 2 is 1.94 bits per heavy atom. The summed E-state index contributed by atoms with van der Waals surface area (Å²) in [5, 5.41) is 9.58. The summed E-state index contributed by atoms with van der Waals surface area (Å²) in [6.07, 6.45) is 2.34. The molecule has 94 valence electrons. The lowest BCUT2D eigenvalue weighted by Crippen LogP contribution is -2.40. The van der Waals surface area contributed by atoms with Crippen LogP contribution >= 0.6 is 0 Å². The van der Waals surface area contributed by atoms with Crippen molar-refractivity contribution >= 4 is 0 Å². The lowest BCUT2D eigenvalue weighted by atomic mass is 9.91. The van der Waals surface area contributed by atoms with Gasteiger partial charge in [-0.15, -0.1) is 0 Å². The molecule has 0 spiro atoms. The van der Waals surface area contributed by atoms with Gasteiger partial charge in [-0.2, -0.15) is 5.26 Å². The maximum atomic E-state index is 9.58. The van der Waals surface area contributed by atoms with Gasteiger partial charge in [0.15, 0.2) is 11.5 Å². The lowest BCUT2D eigenvalue weighted by Gasteiger charge is -2.32. The van der Waals surface area contributed by atoms with Crippen molar-refractivity contribution < 1.29 is 9.47 Å². The number of nitriles is 1. The second-order valence-corrected chi connectivity index (χ2v) is 4.95. The van der Waals surface area contributed by atoms with Gasteiger partial charge in [0, 0.05) is 0 Å². The van der Waals surface area contributed by atoms with Gasteiger partial charge in [0.25, 0.3) is 0 Å². The van der Waals surface area contributed by atoms with E-state index in [4.69, 9.17) is 9.47 Å². The summed E-state index contributed by atoms with van der Waals surface area (Å²) < 4.78 is 10.7. The van der Waals surface area contributed by atoms with Crippen LogP contribution in [0.1, 0.15) is 25.3 Å². The fourth-order valence-corrected chi connectivity index (χ4v) is 2.68. The molecule has 4 heteroatoms. The molecule has 0 saturated carbocycles. The van der Waals surface area contributed by atoms with Crippen LogP contribution in [0.2, 0.25) is 0 Å². The maximum absolute atomic E-state index is 9.58. The molecule has 0 amide bonds. The molecule has 0 aromatic heterocycles. The van der Waals surface area contributed by atoms with Crippen molar-refractivity contribution in [3.63, 3.8) is 0 Å². The second kappa shape index (κ2) is 4.18. The van der Waals surface area contributed by atoms with Crippen LogP contribution < -0.4 is 9.47 Å². The van der Waals surface area contributed by atoms with Crippen LogP contribution in [-0.2, 0) is 5.54 Å². The summed E-state index contributed by atoms with van der Waals surface area (Å²) >= 11 is 0. The summed E-state index contributed by atoms with van der Waals surface area (Å²) in [6.45, 7) is 4.22. The molecule has 2 aliphatic heterocycles. The van der Waals surface area contributed by atoms with Crippen LogP contribution in [0.5, 0.6) is 11.5 Å². The number of nitrogens with zero attached hydrogens (tertiary/aromatic N) is 2. The second-order valence-electron chi connectivity index (χ2n) is 4.95. The minimum Gasteiger partial charge on any atom is -0.454 e. The van der Waals surface area contributed by atoms with Crippen molar-refractivity contribution in [3.8, 4) is 17.6 Å². The summed E-state index contributed by atoms with van der Waals surface area (Å²) in [7, 11) is 0. The first-order chi connectivity index (χ1) is 8.74. The quantitative estimate of drug-likeness (QED) is 0.800. The topological polar surface area (TPSA) is 45.5 Å². The number of likely N-dealkylation sites (tertiary alicyclic amines) is 1. The number of rotatable bonds is 2. The van der Waals surface area contributed by atoms with E-state index in [9.17, 15) is 5.26 Å². The zero-order valence-electron chi connectivity index (χ0n) is 10.5. The first-order valence-electron chi connectivity index (χ1n) is 6.30. The van der Waals surface area contributed by atoms with Gasteiger partial charge in [0.1, 0.15) is 5.54 Å². The first-order valence-corrected chi connectivity index (χ1v) is 6.30. The lowest BCUT2D eigenvalue weighted by molar-refractivity contribution is 0.173. The molecule has 1 fully saturated rings. The molecule has 3 rings (SSSR count). The third kappa shape index (κ3) is 1.63. The third-order valence-corrected chi connectivity index (χ3v) is 3.89. The van der Waals surface area contributed by atoms with Crippen LogP contribution in [-0.4, -0.2) is 24.8 Å². The fourth-order valence-electron chi connectivity index (χ4n) is 2.68. The van der Waals surface area contributed by atoms with Gasteiger partial charge >= 0.3 is 0 Å². The largest absolute Gasteiger partial charge is 0.454 e. The van der Waals surface area contributed by atoms with Crippen LogP contribution in [0.3, 0.4) is 0 Å². The Labute approximate surface area is 107 Å². The molecule has 0 radical (unpaired) electrons. The predicted octanol–water partition coefficient (Wildman–Crippen LogP) is 2.25. The molecule has 0 N–H and O–H groups in total. The van der Waals surface area contributed by atoms with E-state index in [2.05, 4.69) is 11.0 Å². The van der Waals surface area contributed by atoms with Gasteiger partial charge < -0.3 is 9.47 Å². The van der Waals surface area contributed by atoms with Gasteiger partial charge in [-0.05, 0) is 50.6 Å². The molecule has 4 nitrogen and oxygen atoms in total. The van der Waals surface area contributed by atoms with Gasteiger partial charge in [-0.25, -0.2) is 0 Å². The van der Waals surface area contributed by atoms with Gasteiger partial charge in [-0.3, -0.25) is 4.90 Å². The van der Waals surface area contributed by atoms with Crippen molar-refractivity contribution in [1.82, 2.24) is 4.90 Å². The fraction of sp³-hybridized carbons (Fsp3) is 0.500. The minimum absolute atomic E-state index is 0.270. The molecule has 1 aromatic rings. The summed E-state index contributed by atoms with van der Waals surface area (Å²) in [5.74, 6) is 1.51. The smallest absolute Gasteiger partial charge is 0.231 e. The normalized spacial score (nSPS) is 21.6. The highest BCUT2D eigenvalue weighted by Gasteiger charge is 2.36. The van der Waals surface area contributed by atoms with Crippen LogP contribution in [0.25, 0.3) is 0 Å². The summed E-state index contributed by atoms with van der Waals surface area (Å²) in [6, 6.07) is 8.25. The number of ether oxygens (including phenoxy) is 2. The van der Waals surface area contributed by atoms with Gasteiger partial charge in [0.2, 0.25) is 6.79 Å². The number of fused-ring (bicyclic) bond motifs is 1. The van der Waals surface area contributed by atoms with Crippen LogP contribution in [0.4, 0.5) is 0 Å². The van der Waals surface area contributed by atoms with Crippen molar-refractivity contribution in [2.75, 3.05) is 19.9 Å². The molecule has 1 unspecified atom stereocenters. The highest BCUT2D eigenvalue weighted by molar-refractivity contribution is 5.47. The third-order valence-electron chi connectivity index (χ3n) is 3.89. The predicted molar refractivity (Wildman–Crippen MR) is 66.3 cm³/mol. The molecule has 0 bridgehead atoms. The summed E-state index contributed by atoms with van der Waals surface area (Å²) in [4.78, 5) is 2.24. The van der Waals surface area contributed by atoms with Crippen molar-refractivity contribution in [2.24, 2.45) is 0 Å². The number of hydrogen-bond acceptors (Lipinski definition) is 4.